The molecule has 3 heterocycles. The van der Waals surface area contributed by atoms with Crippen molar-refractivity contribution in [2.24, 2.45) is 5.92 Å². The van der Waals surface area contributed by atoms with Gasteiger partial charge in [0.1, 0.15) is 0 Å². The Morgan fingerprint density at radius 3 is 1.86 bits per heavy atom. The van der Waals surface area contributed by atoms with Crippen LogP contribution in [0.15, 0.2) is 48.8 Å². The predicted molar refractivity (Wildman–Crippen MR) is 111 cm³/mol. The molecule has 0 saturated carbocycles. The van der Waals surface area contributed by atoms with Gasteiger partial charge in [-0.2, -0.15) is 0 Å². The average Bonchev–Trinajstić information content (AvgIpc) is 3.19. The number of hydrogen-bond acceptors (Lipinski definition) is 6. The molecule has 0 unspecified atom stereocenters. The number of aromatic nitrogens is 4. The Bertz CT molecular complexity index is 1370. The highest BCUT2D eigenvalue weighted by atomic mass is 16.5. The van der Waals surface area contributed by atoms with E-state index in [-0.39, 0.29) is 11.9 Å². The summed E-state index contributed by atoms with van der Waals surface area (Å²) in [5.41, 5.74) is 7.25. The standard InChI is InChI=1S/C23H16N4O2/c1-29-23(28)14-8-12-10-17-18(11-13(12)9-14)27-22-16-5-3-7-25-20(16)19-15(21(22)26-17)4-2-6-24-19/h2-7,10-11,14H,8-9H2,1H3. The zero-order chi connectivity index (χ0) is 19.5. The maximum atomic E-state index is 12.0. The number of nitrogens with zero attached hydrogens (tertiary/aromatic N) is 4. The van der Waals surface area contributed by atoms with Crippen LogP contribution >= 0.6 is 0 Å². The minimum Gasteiger partial charge on any atom is -0.469 e. The molecule has 0 aliphatic heterocycles. The summed E-state index contributed by atoms with van der Waals surface area (Å²) < 4.78 is 4.94. The SMILES string of the molecule is COC(=O)C1Cc2cc3nc4c5cccnc5c5ncccc5c4nc3cc2C1. The second-order valence-corrected chi connectivity index (χ2v) is 7.46. The first-order valence-electron chi connectivity index (χ1n) is 9.55. The van der Waals surface area contributed by atoms with E-state index >= 15 is 0 Å². The molecule has 0 radical (unpaired) electrons. The van der Waals surface area contributed by atoms with Gasteiger partial charge < -0.3 is 4.74 Å². The fourth-order valence-corrected chi connectivity index (χ4v) is 4.45. The van der Waals surface area contributed by atoms with Gasteiger partial charge in [-0.1, -0.05) is 0 Å². The van der Waals surface area contributed by atoms with Crippen LogP contribution in [-0.4, -0.2) is 33.0 Å². The molecular weight excluding hydrogens is 364 g/mol. The maximum absolute atomic E-state index is 12.0. The minimum absolute atomic E-state index is 0.128. The van der Waals surface area contributed by atoms with Crippen molar-refractivity contribution < 1.29 is 9.53 Å². The number of fused-ring (bicyclic) bond motifs is 8. The fraction of sp³-hybridized carbons (Fsp3) is 0.174. The van der Waals surface area contributed by atoms with E-state index in [4.69, 9.17) is 14.7 Å². The number of methoxy groups -OCH3 is 1. The monoisotopic (exact) mass is 380 g/mol. The van der Waals surface area contributed by atoms with Gasteiger partial charge in [-0.3, -0.25) is 14.8 Å². The smallest absolute Gasteiger partial charge is 0.309 e. The van der Waals surface area contributed by atoms with Crippen LogP contribution in [-0.2, 0) is 22.4 Å². The number of benzene rings is 2. The molecule has 1 aliphatic rings. The van der Waals surface area contributed by atoms with Crippen molar-refractivity contribution in [3.05, 3.63) is 59.9 Å². The van der Waals surface area contributed by atoms with Gasteiger partial charge in [-0.15, -0.1) is 0 Å². The van der Waals surface area contributed by atoms with Crippen molar-refractivity contribution >= 4 is 49.8 Å². The van der Waals surface area contributed by atoms with Crippen molar-refractivity contribution in [2.45, 2.75) is 12.8 Å². The fourth-order valence-electron chi connectivity index (χ4n) is 4.45. The lowest BCUT2D eigenvalue weighted by Gasteiger charge is -2.09. The lowest BCUT2D eigenvalue weighted by molar-refractivity contribution is -0.145. The zero-order valence-corrected chi connectivity index (χ0v) is 15.7. The molecule has 6 rings (SSSR count). The zero-order valence-electron chi connectivity index (χ0n) is 15.7. The average molecular weight is 380 g/mol. The molecule has 0 saturated heterocycles. The topological polar surface area (TPSA) is 77.9 Å². The largest absolute Gasteiger partial charge is 0.469 e. The molecular formula is C23H16N4O2. The van der Waals surface area contributed by atoms with E-state index in [1.54, 1.807) is 12.4 Å². The van der Waals surface area contributed by atoms with Gasteiger partial charge >= 0.3 is 5.97 Å². The molecule has 5 aromatic rings. The van der Waals surface area contributed by atoms with E-state index in [0.29, 0.717) is 12.8 Å². The summed E-state index contributed by atoms with van der Waals surface area (Å²) in [6.07, 6.45) is 4.91. The van der Waals surface area contributed by atoms with Gasteiger partial charge in [0.2, 0.25) is 0 Å². The number of pyridine rings is 2. The van der Waals surface area contributed by atoms with Crippen molar-refractivity contribution in [1.29, 1.82) is 0 Å². The highest BCUT2D eigenvalue weighted by Gasteiger charge is 2.29. The summed E-state index contributed by atoms with van der Waals surface area (Å²) in [6.45, 7) is 0. The Balaban J connectivity index is 1.68. The summed E-state index contributed by atoms with van der Waals surface area (Å²) >= 11 is 0. The molecule has 0 fully saturated rings. The molecule has 6 heteroatoms. The first kappa shape index (κ1) is 16.3. The molecule has 0 bridgehead atoms. The first-order chi connectivity index (χ1) is 14.2. The lowest BCUT2D eigenvalue weighted by Crippen LogP contribution is -2.15. The minimum atomic E-state index is -0.162. The Hall–Kier alpha value is -3.67. The number of hydrogen-bond donors (Lipinski definition) is 0. The van der Waals surface area contributed by atoms with Crippen molar-refractivity contribution in [2.75, 3.05) is 7.11 Å². The van der Waals surface area contributed by atoms with Gasteiger partial charge in [0.15, 0.2) is 0 Å². The van der Waals surface area contributed by atoms with Crippen LogP contribution in [0.25, 0.3) is 43.9 Å². The number of ether oxygens (including phenoxy) is 1. The molecule has 2 aromatic carbocycles. The van der Waals surface area contributed by atoms with E-state index in [1.165, 1.54) is 7.11 Å². The van der Waals surface area contributed by atoms with Gasteiger partial charge in [-0.05, 0) is 60.4 Å². The molecule has 140 valence electrons. The lowest BCUT2D eigenvalue weighted by atomic mass is 10.1. The number of esters is 1. The van der Waals surface area contributed by atoms with Crippen molar-refractivity contribution in [3.8, 4) is 0 Å². The quantitative estimate of drug-likeness (QED) is 0.250. The first-order valence-corrected chi connectivity index (χ1v) is 9.55. The highest BCUT2D eigenvalue weighted by molar-refractivity contribution is 6.21. The van der Waals surface area contributed by atoms with Crippen LogP contribution in [0, 0.1) is 5.92 Å². The van der Waals surface area contributed by atoms with Gasteiger partial charge in [0, 0.05) is 23.2 Å². The third-order valence-corrected chi connectivity index (χ3v) is 5.80. The van der Waals surface area contributed by atoms with E-state index in [1.807, 2.05) is 24.3 Å². The number of carbonyl (C=O) groups is 1. The summed E-state index contributed by atoms with van der Waals surface area (Å²) in [7, 11) is 1.44. The molecule has 1 aliphatic carbocycles. The number of carbonyl (C=O) groups excluding carboxylic acids is 1. The third kappa shape index (κ3) is 2.32. The molecule has 0 N–H and O–H groups in total. The molecule has 6 nitrogen and oxygen atoms in total. The maximum Gasteiger partial charge on any atom is 0.309 e. The molecule has 3 aromatic heterocycles. The van der Waals surface area contributed by atoms with Gasteiger partial charge in [0.25, 0.3) is 0 Å². The Morgan fingerprint density at radius 2 is 1.38 bits per heavy atom. The van der Waals surface area contributed by atoms with E-state index < -0.39 is 0 Å². The Labute approximate surface area is 165 Å². The van der Waals surface area contributed by atoms with Gasteiger partial charge in [-0.25, -0.2) is 9.97 Å². The van der Waals surface area contributed by atoms with E-state index in [2.05, 4.69) is 22.1 Å². The summed E-state index contributed by atoms with van der Waals surface area (Å²) in [5, 5.41) is 1.88. The van der Waals surface area contributed by atoms with E-state index in [9.17, 15) is 4.79 Å². The normalized spacial score (nSPS) is 14.1. The molecule has 29 heavy (non-hydrogen) atoms. The van der Waals surface area contributed by atoms with Gasteiger partial charge in [0.05, 0.1) is 46.1 Å². The van der Waals surface area contributed by atoms with Crippen LogP contribution in [0.1, 0.15) is 11.1 Å². The molecule has 0 amide bonds. The predicted octanol–water partition coefficient (Wildman–Crippen LogP) is 3.77. The van der Waals surface area contributed by atoms with Crippen molar-refractivity contribution in [3.63, 3.8) is 0 Å². The van der Waals surface area contributed by atoms with Crippen LogP contribution < -0.4 is 0 Å². The summed E-state index contributed by atoms with van der Waals surface area (Å²) in [6, 6.07) is 12.0. The number of rotatable bonds is 1. The molecule has 0 spiro atoms. The third-order valence-electron chi connectivity index (χ3n) is 5.80. The highest BCUT2D eigenvalue weighted by Crippen LogP contribution is 2.34. The Morgan fingerprint density at radius 1 is 0.862 bits per heavy atom. The molecule has 0 atom stereocenters. The van der Waals surface area contributed by atoms with Crippen LogP contribution in [0.3, 0.4) is 0 Å². The van der Waals surface area contributed by atoms with Crippen molar-refractivity contribution in [1.82, 2.24) is 19.9 Å². The van der Waals surface area contributed by atoms with E-state index in [0.717, 1.165) is 55.0 Å². The summed E-state index contributed by atoms with van der Waals surface area (Å²) in [4.78, 5) is 31.1. The second kappa shape index (κ2) is 5.91. The van der Waals surface area contributed by atoms with Crippen LogP contribution in [0.2, 0.25) is 0 Å². The van der Waals surface area contributed by atoms with Crippen LogP contribution in [0.5, 0.6) is 0 Å². The second-order valence-electron chi connectivity index (χ2n) is 7.46. The Kier molecular flexibility index (Phi) is 3.32. The van der Waals surface area contributed by atoms with Crippen LogP contribution in [0.4, 0.5) is 0 Å². The summed E-state index contributed by atoms with van der Waals surface area (Å²) in [5.74, 6) is -0.290.